The van der Waals surface area contributed by atoms with Gasteiger partial charge in [0, 0.05) is 12.5 Å². The molecule has 3 nitrogen and oxygen atoms in total. The number of likely N-dealkylation sites (tertiary alicyclic amines) is 1. The molecule has 0 aromatic rings. The molecule has 1 saturated heterocycles. The van der Waals surface area contributed by atoms with Gasteiger partial charge in [-0.2, -0.15) is 0 Å². The fourth-order valence-electron chi connectivity index (χ4n) is 3.24. The molecule has 1 heterocycles. The van der Waals surface area contributed by atoms with Gasteiger partial charge < -0.3 is 10.0 Å². The second kappa shape index (κ2) is 6.39. The van der Waals surface area contributed by atoms with E-state index in [2.05, 4.69) is 0 Å². The number of aliphatic hydroxyl groups is 1. The Labute approximate surface area is 104 Å². The Hall–Kier alpha value is -0.570. The molecule has 0 spiro atoms. The van der Waals surface area contributed by atoms with E-state index in [1.165, 1.54) is 25.7 Å². The van der Waals surface area contributed by atoms with Crippen molar-refractivity contribution in [1.29, 1.82) is 0 Å². The summed E-state index contributed by atoms with van der Waals surface area (Å²) in [7, 11) is 0. The number of nitrogens with zero attached hydrogens (tertiary/aromatic N) is 1. The van der Waals surface area contributed by atoms with Crippen LogP contribution in [-0.4, -0.2) is 35.1 Å². The predicted octanol–water partition coefficient (Wildman–Crippen LogP) is 2.33. The van der Waals surface area contributed by atoms with Crippen LogP contribution in [0.15, 0.2) is 0 Å². The van der Waals surface area contributed by atoms with Gasteiger partial charge in [-0.1, -0.05) is 25.7 Å². The zero-order chi connectivity index (χ0) is 12.1. The molecule has 1 N–H and O–H groups in total. The monoisotopic (exact) mass is 239 g/mol. The lowest BCUT2D eigenvalue weighted by Gasteiger charge is -2.36. The molecule has 3 heteroatoms. The quantitative estimate of drug-likeness (QED) is 0.751. The lowest BCUT2D eigenvalue weighted by atomic mass is 9.95. The largest absolute Gasteiger partial charge is 0.394 e. The van der Waals surface area contributed by atoms with Crippen LogP contribution in [0.25, 0.3) is 0 Å². The van der Waals surface area contributed by atoms with E-state index in [4.69, 9.17) is 0 Å². The van der Waals surface area contributed by atoms with Gasteiger partial charge in [-0.05, 0) is 32.1 Å². The highest BCUT2D eigenvalue weighted by atomic mass is 16.3. The molecule has 1 aliphatic heterocycles. The molecule has 0 aromatic heterocycles. The number of hydrogen-bond donors (Lipinski definition) is 1. The fourth-order valence-corrected chi connectivity index (χ4v) is 3.24. The average Bonchev–Trinajstić information content (AvgIpc) is 2.66. The van der Waals surface area contributed by atoms with Crippen LogP contribution in [0.3, 0.4) is 0 Å². The van der Waals surface area contributed by atoms with Crippen LogP contribution in [0.4, 0.5) is 0 Å². The van der Waals surface area contributed by atoms with Gasteiger partial charge in [0.15, 0.2) is 0 Å². The number of aliphatic hydroxyl groups excluding tert-OH is 1. The first-order chi connectivity index (χ1) is 8.33. The van der Waals surface area contributed by atoms with Crippen molar-refractivity contribution in [2.75, 3.05) is 13.2 Å². The minimum Gasteiger partial charge on any atom is -0.394 e. The van der Waals surface area contributed by atoms with Gasteiger partial charge in [0.25, 0.3) is 0 Å². The fraction of sp³-hybridized carbons (Fsp3) is 0.929. The minimum absolute atomic E-state index is 0.0968. The first-order valence-electron chi connectivity index (χ1n) is 7.24. The Kier molecular flexibility index (Phi) is 4.84. The van der Waals surface area contributed by atoms with E-state index in [-0.39, 0.29) is 18.6 Å². The molecule has 1 saturated carbocycles. The first-order valence-corrected chi connectivity index (χ1v) is 7.24. The molecule has 2 rings (SSSR count). The summed E-state index contributed by atoms with van der Waals surface area (Å²) in [6, 6.07) is 0.0968. The Bertz CT molecular complexity index is 247. The molecule has 1 unspecified atom stereocenters. The van der Waals surface area contributed by atoms with E-state index in [1.807, 2.05) is 4.90 Å². The zero-order valence-electron chi connectivity index (χ0n) is 10.7. The maximum absolute atomic E-state index is 12.5. The minimum atomic E-state index is 0.0968. The second-order valence-corrected chi connectivity index (χ2v) is 5.55. The van der Waals surface area contributed by atoms with Crippen molar-refractivity contribution >= 4 is 5.91 Å². The van der Waals surface area contributed by atoms with Crippen LogP contribution in [0, 0.1) is 5.92 Å². The third-order valence-electron chi connectivity index (χ3n) is 4.33. The Morgan fingerprint density at radius 3 is 2.29 bits per heavy atom. The number of piperidine rings is 1. The number of hydrogen-bond acceptors (Lipinski definition) is 2. The van der Waals surface area contributed by atoms with Crippen LogP contribution in [0.1, 0.15) is 57.8 Å². The molecule has 1 atom stereocenters. The van der Waals surface area contributed by atoms with Gasteiger partial charge in [0.1, 0.15) is 0 Å². The molecule has 1 amide bonds. The Morgan fingerprint density at radius 2 is 1.65 bits per heavy atom. The third-order valence-corrected chi connectivity index (χ3v) is 4.33. The molecule has 0 radical (unpaired) electrons. The number of carbonyl (C=O) groups excluding carboxylic acids is 1. The molecule has 17 heavy (non-hydrogen) atoms. The normalized spacial score (nSPS) is 27.8. The first kappa shape index (κ1) is 12.9. The van der Waals surface area contributed by atoms with Crippen molar-refractivity contribution < 1.29 is 9.90 Å². The molecular formula is C14H25NO2. The number of rotatable bonds is 2. The van der Waals surface area contributed by atoms with Crippen LogP contribution in [0.5, 0.6) is 0 Å². The molecule has 0 aromatic carbocycles. The van der Waals surface area contributed by atoms with E-state index in [1.54, 1.807) is 0 Å². The summed E-state index contributed by atoms with van der Waals surface area (Å²) >= 11 is 0. The third kappa shape index (κ3) is 3.21. The highest BCUT2D eigenvalue weighted by Crippen LogP contribution is 2.27. The van der Waals surface area contributed by atoms with Crippen LogP contribution < -0.4 is 0 Å². The van der Waals surface area contributed by atoms with Crippen LogP contribution >= 0.6 is 0 Å². The van der Waals surface area contributed by atoms with Gasteiger partial charge in [-0.15, -0.1) is 0 Å². The standard InChI is InChI=1S/C14H25NO2/c16-11-13-9-5-6-10-15(13)14(17)12-7-3-1-2-4-8-12/h12-13,16H,1-11H2. The summed E-state index contributed by atoms with van der Waals surface area (Å²) in [6.07, 6.45) is 10.3. The summed E-state index contributed by atoms with van der Waals surface area (Å²) in [5.74, 6) is 0.565. The second-order valence-electron chi connectivity index (χ2n) is 5.55. The van der Waals surface area contributed by atoms with Crippen molar-refractivity contribution in [3.8, 4) is 0 Å². The van der Waals surface area contributed by atoms with Gasteiger partial charge in [-0.3, -0.25) is 4.79 Å². The maximum Gasteiger partial charge on any atom is 0.226 e. The van der Waals surface area contributed by atoms with E-state index in [0.29, 0.717) is 5.91 Å². The van der Waals surface area contributed by atoms with Gasteiger partial charge in [0.05, 0.1) is 12.6 Å². The van der Waals surface area contributed by atoms with Crippen LogP contribution in [-0.2, 0) is 4.79 Å². The summed E-state index contributed by atoms with van der Waals surface area (Å²) in [5, 5.41) is 9.37. The molecule has 2 aliphatic rings. The summed E-state index contributed by atoms with van der Waals surface area (Å²) in [4.78, 5) is 14.5. The lowest BCUT2D eigenvalue weighted by molar-refractivity contribution is -0.140. The van der Waals surface area contributed by atoms with E-state index in [9.17, 15) is 9.90 Å². The zero-order valence-corrected chi connectivity index (χ0v) is 10.7. The summed E-state index contributed by atoms with van der Waals surface area (Å²) in [5.41, 5.74) is 0. The lowest BCUT2D eigenvalue weighted by Crippen LogP contribution is -2.48. The van der Waals surface area contributed by atoms with Crippen molar-refractivity contribution in [1.82, 2.24) is 4.90 Å². The van der Waals surface area contributed by atoms with Gasteiger partial charge in [-0.25, -0.2) is 0 Å². The Morgan fingerprint density at radius 1 is 1.00 bits per heavy atom. The molecular weight excluding hydrogens is 214 g/mol. The van der Waals surface area contributed by atoms with Crippen molar-refractivity contribution in [3.63, 3.8) is 0 Å². The van der Waals surface area contributed by atoms with E-state index >= 15 is 0 Å². The Balaban J connectivity index is 1.96. The van der Waals surface area contributed by atoms with Gasteiger partial charge >= 0.3 is 0 Å². The SMILES string of the molecule is O=C(C1CCCCCC1)N1CCCCC1CO. The summed E-state index contributed by atoms with van der Waals surface area (Å²) in [6.45, 7) is 0.999. The number of carbonyl (C=O) groups is 1. The maximum atomic E-state index is 12.5. The molecule has 0 bridgehead atoms. The molecule has 2 fully saturated rings. The average molecular weight is 239 g/mol. The predicted molar refractivity (Wildman–Crippen MR) is 67.6 cm³/mol. The van der Waals surface area contributed by atoms with E-state index < -0.39 is 0 Å². The van der Waals surface area contributed by atoms with Crippen molar-refractivity contribution in [3.05, 3.63) is 0 Å². The van der Waals surface area contributed by atoms with E-state index in [0.717, 1.165) is 38.6 Å². The van der Waals surface area contributed by atoms with Crippen molar-refractivity contribution in [2.45, 2.75) is 63.8 Å². The highest BCUT2D eigenvalue weighted by molar-refractivity contribution is 5.79. The highest BCUT2D eigenvalue weighted by Gasteiger charge is 2.31. The number of amides is 1. The van der Waals surface area contributed by atoms with Gasteiger partial charge in [0.2, 0.25) is 5.91 Å². The molecule has 1 aliphatic carbocycles. The molecule has 98 valence electrons. The topological polar surface area (TPSA) is 40.5 Å². The smallest absolute Gasteiger partial charge is 0.226 e. The summed E-state index contributed by atoms with van der Waals surface area (Å²) < 4.78 is 0. The van der Waals surface area contributed by atoms with Crippen molar-refractivity contribution in [2.24, 2.45) is 5.92 Å². The van der Waals surface area contributed by atoms with Crippen LogP contribution in [0.2, 0.25) is 0 Å².